The summed E-state index contributed by atoms with van der Waals surface area (Å²) in [6.07, 6.45) is 6.48. The molecule has 0 saturated carbocycles. The second-order valence-electron chi connectivity index (χ2n) is 5.75. The number of aromatic nitrogens is 5. The van der Waals surface area contributed by atoms with Gasteiger partial charge in [-0.05, 0) is 24.5 Å². The van der Waals surface area contributed by atoms with Gasteiger partial charge in [0.2, 0.25) is 5.91 Å². The van der Waals surface area contributed by atoms with Crippen LogP contribution in [-0.2, 0) is 18.3 Å². The molecular formula is C17H16N6OS. The summed E-state index contributed by atoms with van der Waals surface area (Å²) >= 11 is 1.43. The standard InChI is InChI=1S/C17H16N6OS/c1-23-15(13-10-18-8-9-19-13)21-22-17(23)25-14-7-6-11-4-2-3-5-12(11)20-16(14)24/h2-5,8-10,14H,6-7H2,1H3,(H,20,24)/t14-/m0/s1. The minimum absolute atomic E-state index is 0.000923. The number of rotatable bonds is 3. The van der Waals surface area contributed by atoms with Crippen LogP contribution in [0.5, 0.6) is 0 Å². The average molecular weight is 352 g/mol. The number of amides is 1. The summed E-state index contributed by atoms with van der Waals surface area (Å²) in [5, 5.41) is 11.9. The molecule has 0 bridgehead atoms. The van der Waals surface area contributed by atoms with Crippen LogP contribution in [0, 0.1) is 0 Å². The molecule has 7 nitrogen and oxygen atoms in total. The summed E-state index contributed by atoms with van der Waals surface area (Å²) in [4.78, 5) is 20.9. The van der Waals surface area contributed by atoms with E-state index in [4.69, 9.17) is 0 Å². The maximum atomic E-state index is 12.6. The summed E-state index contributed by atoms with van der Waals surface area (Å²) in [6.45, 7) is 0. The number of hydrogen-bond acceptors (Lipinski definition) is 6. The van der Waals surface area contributed by atoms with Gasteiger partial charge in [-0.15, -0.1) is 10.2 Å². The fraction of sp³-hybridized carbons (Fsp3) is 0.235. The predicted molar refractivity (Wildman–Crippen MR) is 95.1 cm³/mol. The van der Waals surface area contributed by atoms with Crippen LogP contribution in [0.2, 0.25) is 0 Å². The van der Waals surface area contributed by atoms with Crippen molar-refractivity contribution in [2.24, 2.45) is 7.05 Å². The Morgan fingerprint density at radius 3 is 2.96 bits per heavy atom. The lowest BCUT2D eigenvalue weighted by Gasteiger charge is -2.12. The molecule has 2 aromatic heterocycles. The number of carbonyl (C=O) groups excluding carboxylic acids is 1. The fourth-order valence-corrected chi connectivity index (χ4v) is 3.77. The molecule has 4 rings (SSSR count). The van der Waals surface area contributed by atoms with Gasteiger partial charge in [0, 0.05) is 25.1 Å². The lowest BCUT2D eigenvalue weighted by molar-refractivity contribution is -0.115. The molecular weight excluding hydrogens is 336 g/mol. The van der Waals surface area contributed by atoms with Crippen molar-refractivity contribution in [3.05, 3.63) is 48.4 Å². The number of hydrogen-bond donors (Lipinski definition) is 1. The predicted octanol–water partition coefficient (Wildman–Crippen LogP) is 2.32. The van der Waals surface area contributed by atoms with Crippen LogP contribution >= 0.6 is 11.8 Å². The topological polar surface area (TPSA) is 85.6 Å². The van der Waals surface area contributed by atoms with Crippen LogP contribution in [0.25, 0.3) is 11.5 Å². The van der Waals surface area contributed by atoms with Gasteiger partial charge in [-0.3, -0.25) is 9.78 Å². The quantitative estimate of drug-likeness (QED) is 0.778. The lowest BCUT2D eigenvalue weighted by atomic mass is 10.1. The van der Waals surface area contributed by atoms with Crippen LogP contribution in [0.15, 0.2) is 48.0 Å². The Kier molecular flexibility index (Phi) is 4.19. The van der Waals surface area contributed by atoms with Crippen LogP contribution in [-0.4, -0.2) is 35.9 Å². The highest BCUT2D eigenvalue weighted by atomic mass is 32.2. The van der Waals surface area contributed by atoms with Crippen molar-refractivity contribution in [2.45, 2.75) is 23.2 Å². The first-order valence-corrected chi connectivity index (χ1v) is 8.81. The molecule has 126 valence electrons. The molecule has 1 aromatic carbocycles. The van der Waals surface area contributed by atoms with Gasteiger partial charge in [0.25, 0.3) is 0 Å². The van der Waals surface area contributed by atoms with E-state index in [9.17, 15) is 4.79 Å². The number of anilines is 1. The van der Waals surface area contributed by atoms with E-state index in [0.717, 1.165) is 24.1 Å². The smallest absolute Gasteiger partial charge is 0.237 e. The third kappa shape index (κ3) is 3.12. The Morgan fingerprint density at radius 2 is 2.12 bits per heavy atom. The van der Waals surface area contributed by atoms with Gasteiger partial charge in [0.05, 0.1) is 11.4 Å². The number of nitrogens with one attached hydrogen (secondary N) is 1. The zero-order valence-corrected chi connectivity index (χ0v) is 14.4. The number of fused-ring (bicyclic) bond motifs is 1. The van der Waals surface area contributed by atoms with E-state index in [-0.39, 0.29) is 11.2 Å². The summed E-state index contributed by atoms with van der Waals surface area (Å²) < 4.78 is 1.85. The summed E-state index contributed by atoms with van der Waals surface area (Å²) in [7, 11) is 1.87. The number of nitrogens with zero attached hydrogens (tertiary/aromatic N) is 5. The highest BCUT2D eigenvalue weighted by Crippen LogP contribution is 2.31. The van der Waals surface area contributed by atoms with Crippen molar-refractivity contribution in [3.63, 3.8) is 0 Å². The zero-order valence-electron chi connectivity index (χ0n) is 13.6. The number of thioether (sulfide) groups is 1. The largest absolute Gasteiger partial charge is 0.325 e. The second kappa shape index (κ2) is 6.64. The molecule has 0 radical (unpaired) electrons. The van der Waals surface area contributed by atoms with Gasteiger partial charge in [-0.1, -0.05) is 30.0 Å². The molecule has 0 fully saturated rings. The summed E-state index contributed by atoms with van der Waals surface area (Å²) in [5.74, 6) is 0.631. The minimum atomic E-state index is -0.218. The molecule has 3 aromatic rings. The molecule has 1 atom stereocenters. The van der Waals surface area contributed by atoms with Crippen LogP contribution in [0.1, 0.15) is 12.0 Å². The van der Waals surface area contributed by atoms with E-state index >= 15 is 0 Å². The van der Waals surface area contributed by atoms with E-state index in [0.29, 0.717) is 16.7 Å². The van der Waals surface area contributed by atoms with Crippen molar-refractivity contribution in [1.29, 1.82) is 0 Å². The number of benzene rings is 1. The van der Waals surface area contributed by atoms with E-state index in [2.05, 4.69) is 31.5 Å². The Labute approximate surface area is 148 Å². The Balaban J connectivity index is 1.55. The van der Waals surface area contributed by atoms with Crippen LogP contribution in [0.3, 0.4) is 0 Å². The van der Waals surface area contributed by atoms with Crippen molar-refractivity contribution in [1.82, 2.24) is 24.7 Å². The Bertz CT molecular complexity index is 911. The maximum absolute atomic E-state index is 12.6. The van der Waals surface area contributed by atoms with Crippen molar-refractivity contribution < 1.29 is 4.79 Å². The highest BCUT2D eigenvalue weighted by molar-refractivity contribution is 8.00. The van der Waals surface area contributed by atoms with Gasteiger partial charge in [-0.2, -0.15) is 0 Å². The van der Waals surface area contributed by atoms with Crippen molar-refractivity contribution in [2.75, 3.05) is 5.32 Å². The molecule has 1 N–H and O–H groups in total. The summed E-state index contributed by atoms with van der Waals surface area (Å²) in [6, 6.07) is 7.92. The third-order valence-corrected chi connectivity index (χ3v) is 5.42. The molecule has 0 aliphatic carbocycles. The van der Waals surface area contributed by atoms with Gasteiger partial charge in [-0.25, -0.2) is 4.98 Å². The molecule has 8 heteroatoms. The van der Waals surface area contributed by atoms with E-state index in [1.165, 1.54) is 11.8 Å². The maximum Gasteiger partial charge on any atom is 0.237 e. The number of aryl methyl sites for hydroxylation is 1. The van der Waals surface area contributed by atoms with Gasteiger partial charge in [0.15, 0.2) is 11.0 Å². The lowest BCUT2D eigenvalue weighted by Crippen LogP contribution is -2.24. The van der Waals surface area contributed by atoms with E-state index in [1.54, 1.807) is 18.6 Å². The minimum Gasteiger partial charge on any atom is -0.325 e. The van der Waals surface area contributed by atoms with Crippen LogP contribution < -0.4 is 5.32 Å². The molecule has 0 saturated heterocycles. The third-order valence-electron chi connectivity index (χ3n) is 4.12. The van der Waals surface area contributed by atoms with E-state index < -0.39 is 0 Å². The van der Waals surface area contributed by atoms with Crippen molar-refractivity contribution in [3.8, 4) is 11.5 Å². The zero-order chi connectivity index (χ0) is 17.2. The molecule has 1 aliphatic rings. The first-order chi connectivity index (χ1) is 12.2. The number of para-hydroxylation sites is 1. The first kappa shape index (κ1) is 15.8. The average Bonchev–Trinajstić information content (AvgIpc) is 2.92. The molecule has 1 aliphatic heterocycles. The molecule has 0 spiro atoms. The molecule has 3 heterocycles. The van der Waals surface area contributed by atoms with Gasteiger partial charge >= 0.3 is 0 Å². The van der Waals surface area contributed by atoms with Crippen LogP contribution in [0.4, 0.5) is 5.69 Å². The Hall–Kier alpha value is -2.74. The van der Waals surface area contributed by atoms with Gasteiger partial charge < -0.3 is 9.88 Å². The SMILES string of the molecule is Cn1c(S[C@H]2CCc3ccccc3NC2=O)nnc1-c1cnccn1. The van der Waals surface area contributed by atoms with E-state index in [1.807, 2.05) is 29.8 Å². The molecule has 25 heavy (non-hydrogen) atoms. The number of carbonyl (C=O) groups is 1. The summed E-state index contributed by atoms with van der Waals surface area (Å²) in [5.41, 5.74) is 2.72. The second-order valence-corrected chi connectivity index (χ2v) is 6.92. The fourth-order valence-electron chi connectivity index (χ4n) is 2.79. The normalized spacial score (nSPS) is 16.8. The van der Waals surface area contributed by atoms with Gasteiger partial charge in [0.1, 0.15) is 5.69 Å². The monoisotopic (exact) mass is 352 g/mol. The molecule has 0 unspecified atom stereocenters. The highest BCUT2D eigenvalue weighted by Gasteiger charge is 2.26. The molecule has 1 amide bonds. The van der Waals surface area contributed by atoms with Crippen molar-refractivity contribution >= 4 is 23.4 Å². The Morgan fingerprint density at radius 1 is 1.24 bits per heavy atom. The first-order valence-electron chi connectivity index (χ1n) is 7.93.